The number of methoxy groups -OCH3 is 1. The van der Waals surface area contributed by atoms with Crippen LogP contribution in [0, 0.1) is 22.7 Å². The molecule has 18 heteroatoms. The molecule has 1 aliphatic heterocycles. The van der Waals surface area contributed by atoms with E-state index in [1.807, 2.05) is 24.5 Å². The van der Waals surface area contributed by atoms with Gasteiger partial charge in [-0.1, -0.05) is 43.3 Å². The molecule has 4 aliphatic carbocycles. The standard InChI is InChI=1S/C50H62F2N4O11S/c1-26(54-42(61)16-18-53-44(63)28(3)68-8)43(62)55-27(2)45(64)56(6)37-14-11-30(20-38(37)65-7)19-29-9-12-31(13-10-29)46-66-41-23-33-34-22-36(51)35-21-32(58)15-17-47(35,4)49(34,52)39(59)24-48(33,5)50(41,67-46)40(60)25-57/h9-15,17,20-21,26-28,33-34,36,39,41,46,57,59H,16,18-19,22-25H2,1-8H3,(H,53,63)(H,54,61)(H,55,62)/t26-,27-,28?,33-,34-,36-,39-,41+,46+,47-,48-,49-,50+/m0/s1. The molecule has 1 saturated heterocycles. The lowest BCUT2D eigenvalue weighted by atomic mass is 9.44. The van der Waals surface area contributed by atoms with Crippen LogP contribution in [0.15, 0.2) is 66.3 Å². The average molecular weight is 965 g/mol. The minimum Gasteiger partial charge on any atom is -0.495 e. The van der Waals surface area contributed by atoms with Gasteiger partial charge in [0.05, 0.1) is 30.3 Å². The number of halogens is 2. The van der Waals surface area contributed by atoms with Crippen molar-refractivity contribution in [2.75, 3.05) is 38.5 Å². The van der Waals surface area contributed by atoms with E-state index in [4.69, 9.17) is 14.2 Å². The molecule has 4 fully saturated rings. The van der Waals surface area contributed by atoms with Crippen molar-refractivity contribution in [2.24, 2.45) is 22.7 Å². The predicted octanol–water partition coefficient (Wildman–Crippen LogP) is 4.16. The third kappa shape index (κ3) is 8.57. The van der Waals surface area contributed by atoms with E-state index in [0.717, 1.165) is 17.2 Å². The van der Waals surface area contributed by atoms with Gasteiger partial charge in [0.2, 0.25) is 23.6 Å². The van der Waals surface area contributed by atoms with Crippen LogP contribution in [0.3, 0.4) is 0 Å². The predicted molar refractivity (Wildman–Crippen MR) is 249 cm³/mol. The highest BCUT2D eigenvalue weighted by molar-refractivity contribution is 7.99. The van der Waals surface area contributed by atoms with Crippen molar-refractivity contribution in [1.82, 2.24) is 16.0 Å². The van der Waals surface area contributed by atoms with Crippen LogP contribution in [-0.4, -0.2) is 126 Å². The number of nitrogens with zero attached hydrogens (tertiary/aromatic N) is 1. The number of anilines is 1. The highest BCUT2D eigenvalue weighted by atomic mass is 32.2. The first-order valence-electron chi connectivity index (χ1n) is 23.0. The van der Waals surface area contributed by atoms with Crippen molar-refractivity contribution in [1.29, 1.82) is 0 Å². The van der Waals surface area contributed by atoms with E-state index in [1.54, 1.807) is 45.2 Å². The summed E-state index contributed by atoms with van der Waals surface area (Å²) in [5, 5.41) is 29.8. The lowest BCUT2D eigenvalue weighted by molar-refractivity contribution is -0.235. The summed E-state index contributed by atoms with van der Waals surface area (Å²) in [6, 6.07) is 10.8. The number of hydrogen-bond donors (Lipinski definition) is 5. The van der Waals surface area contributed by atoms with E-state index >= 15 is 8.78 Å². The molecule has 5 N–H and O–H groups in total. The van der Waals surface area contributed by atoms with Crippen LogP contribution in [0.4, 0.5) is 14.5 Å². The minimum absolute atomic E-state index is 0.00107. The van der Waals surface area contributed by atoms with E-state index in [1.165, 1.54) is 56.7 Å². The topological polar surface area (TPSA) is 210 Å². The molecule has 15 nitrogen and oxygen atoms in total. The van der Waals surface area contributed by atoms with Gasteiger partial charge in [0.15, 0.2) is 29.1 Å². The molecule has 2 aromatic carbocycles. The number of nitrogens with one attached hydrogen (secondary N) is 3. The molecule has 2 aromatic rings. The number of aliphatic hydroxyl groups is 2. The van der Waals surface area contributed by atoms with Gasteiger partial charge in [-0.2, -0.15) is 11.8 Å². The third-order valence-electron chi connectivity index (χ3n) is 15.4. The molecule has 1 unspecified atom stereocenters. The van der Waals surface area contributed by atoms with Crippen molar-refractivity contribution >= 4 is 52.6 Å². The Morgan fingerprint density at radius 3 is 2.34 bits per heavy atom. The summed E-state index contributed by atoms with van der Waals surface area (Å²) in [6.45, 7) is 7.28. The van der Waals surface area contributed by atoms with Gasteiger partial charge in [-0.05, 0) is 107 Å². The monoisotopic (exact) mass is 964 g/mol. The Hall–Kier alpha value is -5.01. The summed E-state index contributed by atoms with van der Waals surface area (Å²) in [4.78, 5) is 78.4. The number of rotatable bonds is 16. The van der Waals surface area contributed by atoms with Crippen LogP contribution < -0.4 is 25.6 Å². The fourth-order valence-electron chi connectivity index (χ4n) is 11.6. The summed E-state index contributed by atoms with van der Waals surface area (Å²) in [5.74, 6) is -4.04. The van der Waals surface area contributed by atoms with Gasteiger partial charge in [-0.3, -0.25) is 28.8 Å². The number of thioether (sulfide) groups is 1. The van der Waals surface area contributed by atoms with E-state index in [-0.39, 0.29) is 49.0 Å². The number of alkyl halides is 2. The quantitative estimate of drug-likeness (QED) is 0.161. The number of hydrogen-bond acceptors (Lipinski definition) is 12. The summed E-state index contributed by atoms with van der Waals surface area (Å²) in [5.41, 5.74) is -4.19. The lowest BCUT2D eigenvalue weighted by Gasteiger charge is -2.63. The number of fused-ring (bicyclic) bond motifs is 7. The zero-order chi connectivity index (χ0) is 49.7. The number of allylic oxidation sites excluding steroid dienone is 4. The van der Waals surface area contributed by atoms with Gasteiger partial charge in [-0.15, -0.1) is 0 Å². The molecule has 5 aliphatic rings. The number of ketones is 2. The number of likely N-dealkylation sites (N-methyl/N-ethyl adjacent to an activating group) is 1. The maximum atomic E-state index is 17.8. The summed E-state index contributed by atoms with van der Waals surface area (Å²) in [7, 11) is 3.04. The Kier molecular flexibility index (Phi) is 14.5. The number of amides is 4. The zero-order valence-electron chi connectivity index (χ0n) is 39.6. The second-order valence-electron chi connectivity index (χ2n) is 19.2. The van der Waals surface area contributed by atoms with Gasteiger partial charge >= 0.3 is 0 Å². The molecule has 68 heavy (non-hydrogen) atoms. The molecule has 368 valence electrons. The first kappa shape index (κ1) is 50.9. The van der Waals surface area contributed by atoms with Gasteiger partial charge in [0, 0.05) is 42.3 Å². The molecule has 0 aromatic heterocycles. The number of ether oxygens (including phenoxy) is 3. The SMILES string of the molecule is COc1cc(Cc2ccc([C@@H]3O[C@@H]4C[C@H]5[C@@H]6C[C@H](F)C7=CC(=O)C=C[C@]7(C)[C@@]6(F)[C@@H](O)C[C@]5(C)[C@]4(C(=O)CO)O3)cc2)ccc1N(C)C(=O)[C@H](C)NC(=O)[C@H](C)NC(=O)CCNC(=O)C(C)SC. The fraction of sp³-hybridized carbons (Fsp3) is 0.560. The van der Waals surface area contributed by atoms with Crippen LogP contribution in [0.5, 0.6) is 5.75 Å². The largest absolute Gasteiger partial charge is 0.495 e. The average Bonchev–Trinajstić information content (AvgIpc) is 3.82. The molecule has 0 bridgehead atoms. The Morgan fingerprint density at radius 2 is 1.68 bits per heavy atom. The molecule has 7 rings (SSSR count). The third-order valence-corrected chi connectivity index (χ3v) is 16.3. The Morgan fingerprint density at radius 1 is 0.985 bits per heavy atom. The molecule has 0 radical (unpaired) electrons. The van der Waals surface area contributed by atoms with Crippen molar-refractivity contribution in [2.45, 2.75) is 120 Å². The van der Waals surface area contributed by atoms with Crippen LogP contribution in [0.25, 0.3) is 0 Å². The summed E-state index contributed by atoms with van der Waals surface area (Å²) < 4.78 is 52.6. The van der Waals surface area contributed by atoms with Gasteiger partial charge < -0.3 is 45.3 Å². The number of carbonyl (C=O) groups is 6. The van der Waals surface area contributed by atoms with Crippen LogP contribution in [0.2, 0.25) is 0 Å². The molecular weight excluding hydrogens is 903 g/mol. The minimum atomic E-state index is -2.35. The Labute approximate surface area is 399 Å². The van der Waals surface area contributed by atoms with Crippen molar-refractivity contribution in [3.63, 3.8) is 0 Å². The molecule has 1 heterocycles. The van der Waals surface area contributed by atoms with Crippen molar-refractivity contribution in [3.8, 4) is 5.75 Å². The highest BCUT2D eigenvalue weighted by Gasteiger charge is 2.80. The van der Waals surface area contributed by atoms with Crippen LogP contribution in [0.1, 0.15) is 83.3 Å². The number of carbonyl (C=O) groups excluding carboxylic acids is 6. The molecule has 3 saturated carbocycles. The van der Waals surface area contributed by atoms with Gasteiger partial charge in [0.25, 0.3) is 0 Å². The second kappa shape index (κ2) is 19.4. The van der Waals surface area contributed by atoms with Gasteiger partial charge in [0.1, 0.15) is 30.6 Å². The zero-order valence-corrected chi connectivity index (χ0v) is 40.4. The van der Waals surface area contributed by atoms with Gasteiger partial charge in [-0.25, -0.2) is 8.78 Å². The first-order chi connectivity index (χ1) is 32.1. The highest BCUT2D eigenvalue weighted by Crippen LogP contribution is 2.72. The number of Topliss-reactive ketones (excluding diaryl/α,β-unsaturated/α-hetero) is 1. The smallest absolute Gasteiger partial charge is 0.249 e. The molecule has 13 atom stereocenters. The molecular formula is C50H62F2N4O11S. The Bertz CT molecular complexity index is 2400. The van der Waals surface area contributed by atoms with E-state index in [9.17, 15) is 39.0 Å². The summed E-state index contributed by atoms with van der Waals surface area (Å²) in [6.07, 6.45) is 0.262. The maximum absolute atomic E-state index is 17.8. The molecule has 0 spiro atoms. The number of benzene rings is 2. The fourth-order valence-corrected chi connectivity index (χ4v) is 11.9. The second-order valence-corrected chi connectivity index (χ2v) is 20.4. The number of aliphatic hydroxyl groups excluding tert-OH is 2. The van der Waals surface area contributed by atoms with E-state index in [2.05, 4.69) is 16.0 Å². The van der Waals surface area contributed by atoms with Crippen LogP contribution in [-0.2, 0) is 44.7 Å². The Balaban J connectivity index is 0.986. The first-order valence-corrected chi connectivity index (χ1v) is 24.3. The lowest BCUT2D eigenvalue weighted by Crippen LogP contribution is -2.70. The van der Waals surface area contributed by atoms with Crippen LogP contribution >= 0.6 is 11.8 Å². The maximum Gasteiger partial charge on any atom is 0.249 e. The molecule has 4 amide bonds. The van der Waals surface area contributed by atoms with Crippen molar-refractivity contribution < 1.29 is 62.0 Å². The normalized spacial score (nSPS) is 32.5. The van der Waals surface area contributed by atoms with E-state index < -0.39 is 107 Å². The summed E-state index contributed by atoms with van der Waals surface area (Å²) >= 11 is 1.38. The van der Waals surface area contributed by atoms with E-state index in [0.29, 0.717) is 23.4 Å². The van der Waals surface area contributed by atoms with Crippen molar-refractivity contribution in [3.05, 3.63) is 83.0 Å².